The molecule has 8 nitrogen and oxygen atoms in total. The van der Waals surface area contributed by atoms with Gasteiger partial charge in [-0.1, -0.05) is 12.1 Å². The molecule has 1 amide bonds. The zero-order chi connectivity index (χ0) is 22.5. The lowest BCUT2D eigenvalue weighted by Gasteiger charge is -2.10. The number of ether oxygens (including phenoxy) is 2. The van der Waals surface area contributed by atoms with E-state index >= 15 is 0 Å². The number of nitrogens with one attached hydrogen (secondary N) is 1. The molecule has 0 aliphatic rings. The lowest BCUT2D eigenvalue weighted by Crippen LogP contribution is -2.20. The van der Waals surface area contributed by atoms with Gasteiger partial charge in [-0.05, 0) is 50.2 Å². The molecule has 0 spiro atoms. The minimum Gasteiger partial charge on any atom is -0.481 e. The number of carbonyl (C=O) groups excluding carboxylic acids is 1. The molecule has 0 atom stereocenters. The number of para-hydroxylation sites is 1. The van der Waals surface area contributed by atoms with Crippen molar-refractivity contribution < 1.29 is 18.7 Å². The zero-order valence-electron chi connectivity index (χ0n) is 17.4. The van der Waals surface area contributed by atoms with Gasteiger partial charge in [-0.25, -0.2) is 19.3 Å². The predicted molar refractivity (Wildman–Crippen MR) is 116 cm³/mol. The molecular formula is C23H20FN5O3. The monoisotopic (exact) mass is 433 g/mol. The summed E-state index contributed by atoms with van der Waals surface area (Å²) in [6.45, 7) is 3.58. The van der Waals surface area contributed by atoms with Crippen LogP contribution in [-0.2, 0) is 4.79 Å². The summed E-state index contributed by atoms with van der Waals surface area (Å²) in [5.74, 6) is 0.648. The van der Waals surface area contributed by atoms with Gasteiger partial charge >= 0.3 is 0 Å². The third-order valence-electron chi connectivity index (χ3n) is 4.68. The minimum absolute atomic E-state index is 0.0247. The van der Waals surface area contributed by atoms with Gasteiger partial charge in [-0.15, -0.1) is 0 Å². The van der Waals surface area contributed by atoms with Crippen molar-refractivity contribution in [1.29, 1.82) is 0 Å². The van der Waals surface area contributed by atoms with Crippen molar-refractivity contribution in [3.8, 4) is 23.2 Å². The number of aromatic nitrogens is 4. The Kier molecular flexibility index (Phi) is 6.07. The molecule has 0 aliphatic carbocycles. The molecule has 1 N–H and O–H groups in total. The van der Waals surface area contributed by atoms with E-state index in [2.05, 4.69) is 20.3 Å². The Morgan fingerprint density at radius 3 is 2.56 bits per heavy atom. The van der Waals surface area contributed by atoms with Crippen molar-refractivity contribution >= 4 is 11.6 Å². The number of rotatable bonds is 7. The standard InChI is InChI=1S/C23H20FN5O3/c1-15-16(2)29(14-27-15)21-11-23(26-13-25-21)32-18-9-7-17(8-10-18)28-22(30)12-31-20-6-4-3-5-19(20)24/h3-11,13-14H,12H2,1-2H3,(H,28,30). The molecule has 0 aliphatic heterocycles. The van der Waals surface area contributed by atoms with Crippen LogP contribution >= 0.6 is 0 Å². The maximum atomic E-state index is 13.5. The Morgan fingerprint density at radius 1 is 1.06 bits per heavy atom. The van der Waals surface area contributed by atoms with Crippen LogP contribution in [0.1, 0.15) is 11.4 Å². The van der Waals surface area contributed by atoms with Crippen LogP contribution in [0.4, 0.5) is 10.1 Å². The van der Waals surface area contributed by atoms with Crippen LogP contribution in [0.5, 0.6) is 17.4 Å². The van der Waals surface area contributed by atoms with Crippen molar-refractivity contribution in [3.63, 3.8) is 0 Å². The minimum atomic E-state index is -0.520. The number of benzene rings is 2. The molecule has 4 aromatic rings. The first-order valence-corrected chi connectivity index (χ1v) is 9.77. The maximum Gasteiger partial charge on any atom is 0.262 e. The van der Waals surface area contributed by atoms with Crippen LogP contribution in [0.25, 0.3) is 5.82 Å². The summed E-state index contributed by atoms with van der Waals surface area (Å²) in [7, 11) is 0. The summed E-state index contributed by atoms with van der Waals surface area (Å²) in [5, 5.41) is 2.68. The van der Waals surface area contributed by atoms with E-state index < -0.39 is 11.7 Å². The number of aryl methyl sites for hydroxylation is 1. The van der Waals surface area contributed by atoms with Gasteiger partial charge in [-0.3, -0.25) is 9.36 Å². The molecule has 162 valence electrons. The van der Waals surface area contributed by atoms with Crippen LogP contribution in [-0.4, -0.2) is 32.0 Å². The molecule has 2 aromatic carbocycles. The van der Waals surface area contributed by atoms with Crippen molar-refractivity contribution in [3.05, 3.63) is 84.5 Å². The third kappa shape index (κ3) is 4.89. The molecule has 4 rings (SSSR count). The SMILES string of the molecule is Cc1ncn(-c2cc(Oc3ccc(NC(=O)COc4ccccc4F)cc3)ncn2)c1C. The van der Waals surface area contributed by atoms with Gasteiger partial charge in [0.2, 0.25) is 5.88 Å². The average molecular weight is 433 g/mol. The van der Waals surface area contributed by atoms with Crippen molar-refractivity contribution in [2.45, 2.75) is 13.8 Å². The van der Waals surface area contributed by atoms with Crippen LogP contribution < -0.4 is 14.8 Å². The molecule has 0 bridgehead atoms. The van der Waals surface area contributed by atoms with Crippen LogP contribution in [0.2, 0.25) is 0 Å². The first-order valence-electron chi connectivity index (χ1n) is 9.77. The number of hydrogen-bond donors (Lipinski definition) is 1. The second-order valence-electron chi connectivity index (χ2n) is 6.89. The van der Waals surface area contributed by atoms with E-state index in [9.17, 15) is 9.18 Å². The summed E-state index contributed by atoms with van der Waals surface area (Å²) in [5.41, 5.74) is 2.45. The van der Waals surface area contributed by atoms with Crippen molar-refractivity contribution in [2.75, 3.05) is 11.9 Å². The van der Waals surface area contributed by atoms with Gasteiger partial charge in [0.15, 0.2) is 18.2 Å². The van der Waals surface area contributed by atoms with Gasteiger partial charge in [0, 0.05) is 17.4 Å². The van der Waals surface area contributed by atoms with Gasteiger partial charge in [0.1, 0.15) is 24.2 Å². The Balaban J connectivity index is 1.36. The van der Waals surface area contributed by atoms with E-state index in [-0.39, 0.29) is 12.4 Å². The fourth-order valence-electron chi connectivity index (χ4n) is 2.88. The fourth-order valence-corrected chi connectivity index (χ4v) is 2.88. The largest absolute Gasteiger partial charge is 0.481 e. The van der Waals surface area contributed by atoms with E-state index in [1.54, 1.807) is 48.8 Å². The number of halogens is 1. The Hall–Kier alpha value is -4.27. The Morgan fingerprint density at radius 2 is 1.84 bits per heavy atom. The summed E-state index contributed by atoms with van der Waals surface area (Å²) < 4.78 is 26.4. The van der Waals surface area contributed by atoms with E-state index in [1.807, 2.05) is 18.4 Å². The topological polar surface area (TPSA) is 91.2 Å². The Bertz CT molecular complexity index is 1240. The highest BCUT2D eigenvalue weighted by atomic mass is 19.1. The molecule has 0 saturated carbocycles. The first-order chi connectivity index (χ1) is 15.5. The van der Waals surface area contributed by atoms with Crippen LogP contribution in [0.3, 0.4) is 0 Å². The zero-order valence-corrected chi connectivity index (χ0v) is 17.4. The smallest absolute Gasteiger partial charge is 0.262 e. The van der Waals surface area contributed by atoms with Crippen molar-refractivity contribution in [1.82, 2.24) is 19.5 Å². The average Bonchev–Trinajstić information content (AvgIpc) is 3.13. The van der Waals surface area contributed by atoms with Gasteiger partial charge in [-0.2, -0.15) is 0 Å². The number of amides is 1. The summed E-state index contributed by atoms with van der Waals surface area (Å²) in [6, 6.07) is 14.4. The van der Waals surface area contributed by atoms with E-state index in [0.717, 1.165) is 11.4 Å². The highest BCUT2D eigenvalue weighted by molar-refractivity contribution is 5.91. The lowest BCUT2D eigenvalue weighted by atomic mass is 10.3. The highest BCUT2D eigenvalue weighted by Gasteiger charge is 2.09. The van der Waals surface area contributed by atoms with Crippen LogP contribution in [0.15, 0.2) is 67.3 Å². The van der Waals surface area contributed by atoms with Crippen molar-refractivity contribution in [2.24, 2.45) is 0 Å². The quantitative estimate of drug-likeness (QED) is 0.469. The van der Waals surface area contributed by atoms with Gasteiger partial charge < -0.3 is 14.8 Å². The molecule has 0 saturated heterocycles. The van der Waals surface area contributed by atoms with Gasteiger partial charge in [0.05, 0.1) is 5.69 Å². The van der Waals surface area contributed by atoms with E-state index in [4.69, 9.17) is 9.47 Å². The fraction of sp³-hybridized carbons (Fsp3) is 0.130. The van der Waals surface area contributed by atoms with E-state index in [1.165, 1.54) is 18.5 Å². The van der Waals surface area contributed by atoms with Gasteiger partial charge in [0.25, 0.3) is 5.91 Å². The highest BCUT2D eigenvalue weighted by Crippen LogP contribution is 2.23. The molecular weight excluding hydrogens is 413 g/mol. The normalized spacial score (nSPS) is 10.6. The molecule has 0 unspecified atom stereocenters. The number of hydrogen-bond acceptors (Lipinski definition) is 6. The lowest BCUT2D eigenvalue weighted by molar-refractivity contribution is -0.118. The molecule has 2 heterocycles. The predicted octanol–water partition coefficient (Wildman–Crippen LogP) is 4.23. The molecule has 0 radical (unpaired) electrons. The second kappa shape index (κ2) is 9.25. The Labute approximate surface area is 183 Å². The van der Waals surface area contributed by atoms with Crippen LogP contribution in [0, 0.1) is 19.7 Å². The third-order valence-corrected chi connectivity index (χ3v) is 4.68. The summed E-state index contributed by atoms with van der Waals surface area (Å²) in [4.78, 5) is 24.7. The number of imidazole rings is 1. The summed E-state index contributed by atoms with van der Waals surface area (Å²) >= 11 is 0. The maximum absolute atomic E-state index is 13.5. The molecule has 0 fully saturated rings. The molecule has 32 heavy (non-hydrogen) atoms. The molecule has 9 heteroatoms. The molecule has 2 aromatic heterocycles. The number of anilines is 1. The van der Waals surface area contributed by atoms with E-state index in [0.29, 0.717) is 23.1 Å². The first kappa shape index (κ1) is 21.0. The second-order valence-corrected chi connectivity index (χ2v) is 6.89. The summed E-state index contributed by atoms with van der Waals surface area (Å²) in [6.07, 6.45) is 3.12. The number of nitrogens with zero attached hydrogens (tertiary/aromatic N) is 4. The number of carbonyl (C=O) groups is 1.